The third kappa shape index (κ3) is 1.74. The number of esters is 1. The van der Waals surface area contributed by atoms with Crippen LogP contribution in [-0.4, -0.2) is 27.2 Å². The summed E-state index contributed by atoms with van der Waals surface area (Å²) in [6.07, 6.45) is 2.34. The topological polar surface area (TPSA) is 64.3 Å². The summed E-state index contributed by atoms with van der Waals surface area (Å²) in [6, 6.07) is 0. The number of carbonyl (C=O) groups excluding carboxylic acids is 1. The van der Waals surface area contributed by atoms with Gasteiger partial charge in [-0.3, -0.25) is 0 Å². The van der Waals surface area contributed by atoms with Gasteiger partial charge >= 0.3 is 5.97 Å². The molecule has 0 saturated carbocycles. The molecule has 0 aromatic carbocycles. The van der Waals surface area contributed by atoms with E-state index in [1.54, 1.807) is 13.3 Å². The number of aromatic nitrogens is 2. The van der Waals surface area contributed by atoms with Crippen LogP contribution in [0.5, 0.6) is 0 Å². The van der Waals surface area contributed by atoms with Crippen molar-refractivity contribution in [2.45, 2.75) is 32.4 Å². The third-order valence-corrected chi connectivity index (χ3v) is 2.56. The Morgan fingerprint density at radius 3 is 3.33 bits per heavy atom. The van der Waals surface area contributed by atoms with Gasteiger partial charge in [0.05, 0.1) is 12.9 Å². The van der Waals surface area contributed by atoms with E-state index in [2.05, 4.69) is 4.98 Å². The summed E-state index contributed by atoms with van der Waals surface area (Å²) in [4.78, 5) is 15.4. The van der Waals surface area contributed by atoms with Crippen LogP contribution < -0.4 is 0 Å². The SMILES string of the molecule is CCOC(=O)C(O)c1ncn2c1CCC2. The summed E-state index contributed by atoms with van der Waals surface area (Å²) in [5, 5.41) is 9.72. The van der Waals surface area contributed by atoms with Crippen LogP contribution in [-0.2, 0) is 22.5 Å². The molecule has 0 spiro atoms. The van der Waals surface area contributed by atoms with E-state index in [0.717, 1.165) is 25.1 Å². The minimum absolute atomic E-state index is 0.270. The second kappa shape index (κ2) is 4.02. The van der Waals surface area contributed by atoms with Crippen molar-refractivity contribution < 1.29 is 14.6 Å². The molecule has 1 aromatic heterocycles. The van der Waals surface area contributed by atoms with E-state index in [4.69, 9.17) is 4.74 Å². The number of aryl methyl sites for hydroxylation is 1. The van der Waals surface area contributed by atoms with Crippen LogP contribution >= 0.6 is 0 Å². The van der Waals surface area contributed by atoms with Gasteiger partial charge in [0.15, 0.2) is 6.10 Å². The Morgan fingerprint density at radius 2 is 2.60 bits per heavy atom. The van der Waals surface area contributed by atoms with E-state index < -0.39 is 12.1 Å². The van der Waals surface area contributed by atoms with Crippen molar-refractivity contribution in [3.63, 3.8) is 0 Å². The van der Waals surface area contributed by atoms with Crippen LogP contribution in [0.25, 0.3) is 0 Å². The number of hydrogen-bond acceptors (Lipinski definition) is 4. The number of hydrogen-bond donors (Lipinski definition) is 1. The van der Waals surface area contributed by atoms with Crippen molar-refractivity contribution in [3.8, 4) is 0 Å². The van der Waals surface area contributed by atoms with Crippen LogP contribution in [0.15, 0.2) is 6.33 Å². The Balaban J connectivity index is 2.18. The van der Waals surface area contributed by atoms with Crippen molar-refractivity contribution in [1.29, 1.82) is 0 Å². The molecule has 0 bridgehead atoms. The summed E-state index contributed by atoms with van der Waals surface area (Å²) in [5.41, 5.74) is 1.40. The average molecular weight is 210 g/mol. The molecule has 1 aliphatic heterocycles. The first kappa shape index (κ1) is 10.2. The van der Waals surface area contributed by atoms with E-state index >= 15 is 0 Å². The molecule has 1 unspecified atom stereocenters. The molecule has 82 valence electrons. The van der Waals surface area contributed by atoms with Gasteiger partial charge in [-0.2, -0.15) is 0 Å². The lowest BCUT2D eigenvalue weighted by molar-refractivity contribution is -0.153. The van der Waals surface area contributed by atoms with Crippen molar-refractivity contribution in [1.82, 2.24) is 9.55 Å². The minimum Gasteiger partial charge on any atom is -0.464 e. The fraction of sp³-hybridized carbons (Fsp3) is 0.600. The van der Waals surface area contributed by atoms with Gasteiger partial charge in [-0.05, 0) is 19.8 Å². The highest BCUT2D eigenvalue weighted by Gasteiger charge is 2.27. The summed E-state index contributed by atoms with van der Waals surface area (Å²) in [7, 11) is 0. The number of fused-ring (bicyclic) bond motifs is 1. The minimum atomic E-state index is -1.24. The molecule has 0 amide bonds. The van der Waals surface area contributed by atoms with Crippen molar-refractivity contribution in [2.75, 3.05) is 6.61 Å². The predicted octanol–water partition coefficient (Wildman–Crippen LogP) is 0.426. The molecule has 0 saturated heterocycles. The van der Waals surface area contributed by atoms with Gasteiger partial charge < -0.3 is 14.4 Å². The van der Waals surface area contributed by atoms with Gasteiger partial charge in [0, 0.05) is 12.2 Å². The molecule has 0 fully saturated rings. The molecule has 5 heteroatoms. The average Bonchev–Trinajstić information content (AvgIpc) is 2.77. The molecule has 0 radical (unpaired) electrons. The maximum absolute atomic E-state index is 11.3. The molecule has 1 N–H and O–H groups in total. The Hall–Kier alpha value is -1.36. The monoisotopic (exact) mass is 210 g/mol. The van der Waals surface area contributed by atoms with Crippen LogP contribution in [0.4, 0.5) is 0 Å². The van der Waals surface area contributed by atoms with E-state index in [-0.39, 0.29) is 6.61 Å². The van der Waals surface area contributed by atoms with Gasteiger partial charge in [0.25, 0.3) is 0 Å². The molecule has 2 heterocycles. The lowest BCUT2D eigenvalue weighted by Crippen LogP contribution is -2.17. The molecule has 5 nitrogen and oxygen atoms in total. The van der Waals surface area contributed by atoms with Crippen molar-refractivity contribution in [3.05, 3.63) is 17.7 Å². The maximum atomic E-state index is 11.3. The van der Waals surface area contributed by atoms with Gasteiger partial charge in [0.2, 0.25) is 0 Å². The molecular weight excluding hydrogens is 196 g/mol. The molecular formula is C10H14N2O3. The van der Waals surface area contributed by atoms with Crippen LogP contribution in [0.1, 0.15) is 30.8 Å². The van der Waals surface area contributed by atoms with Gasteiger partial charge in [-0.25, -0.2) is 9.78 Å². The van der Waals surface area contributed by atoms with Gasteiger partial charge in [0.1, 0.15) is 5.69 Å². The highest BCUT2D eigenvalue weighted by molar-refractivity contribution is 5.76. The van der Waals surface area contributed by atoms with E-state index in [1.165, 1.54) is 0 Å². The lowest BCUT2D eigenvalue weighted by Gasteiger charge is -2.08. The van der Waals surface area contributed by atoms with Crippen LogP contribution in [0, 0.1) is 0 Å². The van der Waals surface area contributed by atoms with E-state index in [1.807, 2.05) is 4.57 Å². The van der Waals surface area contributed by atoms with E-state index in [9.17, 15) is 9.90 Å². The Bertz CT molecular complexity index is 373. The predicted molar refractivity (Wildman–Crippen MR) is 52.1 cm³/mol. The maximum Gasteiger partial charge on any atom is 0.341 e. The molecule has 1 aliphatic rings. The number of ether oxygens (including phenoxy) is 1. The first-order valence-electron chi connectivity index (χ1n) is 5.12. The molecule has 1 atom stereocenters. The van der Waals surface area contributed by atoms with Crippen molar-refractivity contribution in [2.24, 2.45) is 0 Å². The molecule has 1 aromatic rings. The summed E-state index contributed by atoms with van der Waals surface area (Å²) < 4.78 is 6.72. The van der Waals surface area contributed by atoms with E-state index in [0.29, 0.717) is 5.69 Å². The zero-order valence-electron chi connectivity index (χ0n) is 8.64. The lowest BCUT2D eigenvalue weighted by atomic mass is 10.1. The fourth-order valence-electron chi connectivity index (χ4n) is 1.87. The first-order chi connectivity index (χ1) is 7.24. The smallest absolute Gasteiger partial charge is 0.341 e. The zero-order chi connectivity index (χ0) is 10.8. The standard InChI is InChI=1S/C10H14N2O3/c1-2-15-10(14)9(13)8-7-4-3-5-12(7)6-11-8/h6,9,13H,2-5H2,1H3. The summed E-state index contributed by atoms with van der Waals surface area (Å²) in [5.74, 6) is -0.620. The summed E-state index contributed by atoms with van der Waals surface area (Å²) >= 11 is 0. The Kier molecular flexibility index (Phi) is 2.73. The Labute approximate surface area is 87.7 Å². The fourth-order valence-corrected chi connectivity index (χ4v) is 1.87. The van der Waals surface area contributed by atoms with Gasteiger partial charge in [-0.1, -0.05) is 0 Å². The normalized spacial score (nSPS) is 16.1. The van der Waals surface area contributed by atoms with Gasteiger partial charge in [-0.15, -0.1) is 0 Å². The second-order valence-electron chi connectivity index (χ2n) is 3.53. The quantitative estimate of drug-likeness (QED) is 0.734. The number of nitrogens with zero attached hydrogens (tertiary/aromatic N) is 2. The number of rotatable bonds is 3. The van der Waals surface area contributed by atoms with Crippen LogP contribution in [0.3, 0.4) is 0 Å². The highest BCUT2D eigenvalue weighted by Crippen LogP contribution is 2.23. The number of imidazole rings is 1. The number of aliphatic hydroxyl groups excluding tert-OH is 1. The van der Waals surface area contributed by atoms with Crippen molar-refractivity contribution >= 4 is 5.97 Å². The highest BCUT2D eigenvalue weighted by atomic mass is 16.5. The second-order valence-corrected chi connectivity index (χ2v) is 3.53. The molecule has 2 rings (SSSR count). The number of carbonyl (C=O) groups is 1. The zero-order valence-corrected chi connectivity index (χ0v) is 8.64. The molecule has 15 heavy (non-hydrogen) atoms. The first-order valence-corrected chi connectivity index (χ1v) is 5.12. The Morgan fingerprint density at radius 1 is 1.80 bits per heavy atom. The molecule has 0 aliphatic carbocycles. The number of aliphatic hydroxyl groups is 1. The largest absolute Gasteiger partial charge is 0.464 e. The van der Waals surface area contributed by atoms with Crippen LogP contribution in [0.2, 0.25) is 0 Å². The third-order valence-electron chi connectivity index (χ3n) is 2.56. The summed E-state index contributed by atoms with van der Waals surface area (Å²) in [6.45, 7) is 2.89.